The molecule has 1 aliphatic rings. The molecule has 8 heteroatoms. The van der Waals surface area contributed by atoms with Gasteiger partial charge in [0.05, 0.1) is 11.2 Å². The summed E-state index contributed by atoms with van der Waals surface area (Å²) in [5.41, 5.74) is 5.00. The summed E-state index contributed by atoms with van der Waals surface area (Å²) < 4.78 is 2.29. The molecule has 8 nitrogen and oxygen atoms in total. The third kappa shape index (κ3) is 4.13. The highest BCUT2D eigenvalue weighted by Crippen LogP contribution is 2.32. The molecular formula is C28H30N8. The molecule has 3 aromatic heterocycles. The van der Waals surface area contributed by atoms with Crippen molar-refractivity contribution in [1.29, 1.82) is 0 Å². The lowest BCUT2D eigenvalue weighted by atomic mass is 10.1. The van der Waals surface area contributed by atoms with E-state index < -0.39 is 0 Å². The summed E-state index contributed by atoms with van der Waals surface area (Å²) in [6.45, 7) is 8.40. The van der Waals surface area contributed by atoms with Crippen molar-refractivity contribution in [2.24, 2.45) is 0 Å². The van der Waals surface area contributed by atoms with Crippen LogP contribution in [0.4, 0.5) is 17.5 Å². The Morgan fingerprint density at radius 3 is 2.56 bits per heavy atom. The summed E-state index contributed by atoms with van der Waals surface area (Å²) >= 11 is 0. The predicted molar refractivity (Wildman–Crippen MR) is 146 cm³/mol. The topological polar surface area (TPSA) is 75.0 Å². The zero-order chi connectivity index (χ0) is 24.6. The average molecular weight is 479 g/mol. The fourth-order valence-corrected chi connectivity index (χ4v) is 4.92. The molecule has 0 aliphatic carbocycles. The second kappa shape index (κ2) is 9.20. The van der Waals surface area contributed by atoms with Gasteiger partial charge in [0, 0.05) is 72.2 Å². The van der Waals surface area contributed by atoms with E-state index in [1.54, 1.807) is 12.5 Å². The molecule has 1 fully saturated rings. The predicted octanol–water partition coefficient (Wildman–Crippen LogP) is 5.12. The smallest absolute Gasteiger partial charge is 0.227 e. The Labute approximate surface area is 210 Å². The molecule has 1 saturated heterocycles. The normalized spacial score (nSPS) is 14.7. The third-order valence-electron chi connectivity index (χ3n) is 6.90. The van der Waals surface area contributed by atoms with Crippen LogP contribution in [-0.2, 0) is 0 Å². The first kappa shape index (κ1) is 22.4. The molecule has 0 amide bonds. The summed E-state index contributed by atoms with van der Waals surface area (Å²) in [6.07, 6.45) is 5.65. The highest BCUT2D eigenvalue weighted by atomic mass is 15.3. The summed E-state index contributed by atoms with van der Waals surface area (Å²) in [5.74, 6) is 1.56. The third-order valence-corrected chi connectivity index (χ3v) is 6.90. The molecule has 0 bridgehead atoms. The van der Waals surface area contributed by atoms with Gasteiger partial charge >= 0.3 is 0 Å². The van der Waals surface area contributed by atoms with Crippen LogP contribution in [0.5, 0.6) is 0 Å². The molecule has 6 rings (SSSR count). The van der Waals surface area contributed by atoms with E-state index in [4.69, 9.17) is 4.98 Å². The first-order valence-electron chi connectivity index (χ1n) is 12.4. The number of aromatic nitrogens is 5. The van der Waals surface area contributed by atoms with Crippen LogP contribution in [0.25, 0.3) is 33.1 Å². The minimum atomic E-state index is 0.360. The number of anilines is 3. The molecule has 0 unspecified atom stereocenters. The van der Waals surface area contributed by atoms with Crippen LogP contribution in [0.15, 0.2) is 67.3 Å². The first-order chi connectivity index (χ1) is 17.6. The maximum absolute atomic E-state index is 4.86. The van der Waals surface area contributed by atoms with E-state index >= 15 is 0 Å². The maximum atomic E-state index is 4.86. The highest BCUT2D eigenvalue weighted by Gasteiger charge is 2.18. The van der Waals surface area contributed by atoms with Gasteiger partial charge in [-0.3, -0.25) is 0 Å². The Morgan fingerprint density at radius 1 is 0.889 bits per heavy atom. The van der Waals surface area contributed by atoms with Crippen molar-refractivity contribution < 1.29 is 0 Å². The highest BCUT2D eigenvalue weighted by molar-refractivity contribution is 5.95. The number of likely N-dealkylation sites (N-methyl/N-ethyl adjacent to an activating group) is 1. The monoisotopic (exact) mass is 478 g/mol. The number of piperazine rings is 1. The van der Waals surface area contributed by atoms with Gasteiger partial charge in [-0.25, -0.2) is 19.9 Å². The second-order valence-electron chi connectivity index (χ2n) is 9.67. The molecule has 0 spiro atoms. The number of hydrogen-bond acceptors (Lipinski definition) is 7. The zero-order valence-electron chi connectivity index (χ0n) is 20.9. The fourth-order valence-electron chi connectivity index (χ4n) is 4.92. The Balaban J connectivity index is 1.30. The summed E-state index contributed by atoms with van der Waals surface area (Å²) in [5, 5.41) is 5.63. The number of benzene rings is 2. The van der Waals surface area contributed by atoms with Gasteiger partial charge in [-0.2, -0.15) is 0 Å². The molecule has 4 heterocycles. The molecule has 1 N–H and O–H groups in total. The molecule has 36 heavy (non-hydrogen) atoms. The van der Waals surface area contributed by atoms with Crippen LogP contribution < -0.4 is 10.2 Å². The van der Waals surface area contributed by atoms with Crippen molar-refractivity contribution in [2.75, 3.05) is 43.4 Å². The van der Waals surface area contributed by atoms with Gasteiger partial charge in [0.1, 0.15) is 12.1 Å². The van der Waals surface area contributed by atoms with E-state index in [0.717, 1.165) is 59.8 Å². The number of nitrogens with zero attached hydrogens (tertiary/aromatic N) is 7. The van der Waals surface area contributed by atoms with Gasteiger partial charge < -0.3 is 19.7 Å². The molecule has 0 radical (unpaired) electrons. The van der Waals surface area contributed by atoms with E-state index in [-0.39, 0.29) is 0 Å². The lowest BCUT2D eigenvalue weighted by Crippen LogP contribution is -2.44. The standard InChI is InChI=1S/C28H30N8/c1-19(2)36-17-23(21-6-4-5-7-26(21)36)24-10-11-29-28(33-24)32-20-8-9-22-25(16-20)30-18-31-27(22)35-14-12-34(3)13-15-35/h4-11,16-19H,12-15H2,1-3H3,(H,29,32,33). The molecule has 182 valence electrons. The van der Waals surface area contributed by atoms with E-state index in [2.05, 4.69) is 92.1 Å². The van der Waals surface area contributed by atoms with Crippen LogP contribution in [0.1, 0.15) is 19.9 Å². The molecule has 5 aromatic rings. The maximum Gasteiger partial charge on any atom is 0.227 e. The molecule has 2 aromatic carbocycles. The first-order valence-corrected chi connectivity index (χ1v) is 12.4. The minimum Gasteiger partial charge on any atom is -0.353 e. The minimum absolute atomic E-state index is 0.360. The van der Waals surface area contributed by atoms with Crippen molar-refractivity contribution >= 4 is 39.3 Å². The van der Waals surface area contributed by atoms with Crippen molar-refractivity contribution in [3.05, 3.63) is 67.3 Å². The van der Waals surface area contributed by atoms with Crippen molar-refractivity contribution in [3.8, 4) is 11.3 Å². The van der Waals surface area contributed by atoms with Gasteiger partial charge in [-0.15, -0.1) is 0 Å². The lowest BCUT2D eigenvalue weighted by molar-refractivity contribution is 0.312. The zero-order valence-corrected chi connectivity index (χ0v) is 20.9. The van der Waals surface area contributed by atoms with Crippen molar-refractivity contribution in [1.82, 2.24) is 29.4 Å². The largest absolute Gasteiger partial charge is 0.353 e. The van der Waals surface area contributed by atoms with Crippen LogP contribution in [0, 0.1) is 0 Å². The van der Waals surface area contributed by atoms with Crippen molar-refractivity contribution in [3.63, 3.8) is 0 Å². The number of nitrogens with one attached hydrogen (secondary N) is 1. The second-order valence-corrected chi connectivity index (χ2v) is 9.67. The average Bonchev–Trinajstić information content (AvgIpc) is 3.29. The summed E-state index contributed by atoms with van der Waals surface area (Å²) in [7, 11) is 2.16. The summed E-state index contributed by atoms with van der Waals surface area (Å²) in [6, 6.07) is 17.0. The number of hydrogen-bond donors (Lipinski definition) is 1. The van der Waals surface area contributed by atoms with Gasteiger partial charge in [0.2, 0.25) is 5.95 Å². The van der Waals surface area contributed by atoms with E-state index in [1.807, 2.05) is 18.2 Å². The van der Waals surface area contributed by atoms with Crippen LogP contribution >= 0.6 is 0 Å². The number of para-hydroxylation sites is 1. The van der Waals surface area contributed by atoms with Gasteiger partial charge in [0.15, 0.2) is 0 Å². The molecule has 0 atom stereocenters. The number of fused-ring (bicyclic) bond motifs is 2. The SMILES string of the molecule is CC(C)n1cc(-c2ccnc(Nc3ccc4c(N5CCN(C)CC5)ncnc4c3)n2)c2ccccc21. The van der Waals surface area contributed by atoms with Crippen LogP contribution in [-0.4, -0.2) is 62.6 Å². The Morgan fingerprint density at radius 2 is 1.72 bits per heavy atom. The fraction of sp³-hybridized carbons (Fsp3) is 0.286. The lowest BCUT2D eigenvalue weighted by Gasteiger charge is -2.33. The molecular weight excluding hydrogens is 448 g/mol. The molecule has 1 aliphatic heterocycles. The van der Waals surface area contributed by atoms with E-state index in [1.165, 1.54) is 10.9 Å². The van der Waals surface area contributed by atoms with Crippen LogP contribution in [0.3, 0.4) is 0 Å². The van der Waals surface area contributed by atoms with Crippen molar-refractivity contribution in [2.45, 2.75) is 19.9 Å². The Bertz CT molecular complexity index is 1530. The van der Waals surface area contributed by atoms with Gasteiger partial charge in [-0.05, 0) is 51.2 Å². The van der Waals surface area contributed by atoms with Gasteiger partial charge in [0.25, 0.3) is 0 Å². The quantitative estimate of drug-likeness (QED) is 0.376. The molecule has 0 saturated carbocycles. The van der Waals surface area contributed by atoms with E-state index in [0.29, 0.717) is 12.0 Å². The Hall–Kier alpha value is -4.04. The Kier molecular flexibility index (Phi) is 5.73. The van der Waals surface area contributed by atoms with E-state index in [9.17, 15) is 0 Å². The van der Waals surface area contributed by atoms with Crippen LogP contribution in [0.2, 0.25) is 0 Å². The summed E-state index contributed by atoms with van der Waals surface area (Å²) in [4.78, 5) is 23.2. The van der Waals surface area contributed by atoms with Gasteiger partial charge in [-0.1, -0.05) is 18.2 Å². The number of rotatable bonds is 5.